The van der Waals surface area contributed by atoms with Crippen LogP contribution in [0.2, 0.25) is 0 Å². The molecule has 0 unspecified atom stereocenters. The Hall–Kier alpha value is -3.12. The Labute approximate surface area is 203 Å². The summed E-state index contributed by atoms with van der Waals surface area (Å²) in [7, 11) is -3.94. The molecule has 0 aliphatic rings. The first-order valence-corrected chi connectivity index (χ1v) is 13.1. The number of amides is 1. The molecule has 1 amide bonds. The van der Waals surface area contributed by atoms with Gasteiger partial charge in [0, 0.05) is 6.54 Å². The molecule has 1 N–H and O–H groups in total. The van der Waals surface area contributed by atoms with Crippen LogP contribution in [0.5, 0.6) is 0 Å². The van der Waals surface area contributed by atoms with Crippen molar-refractivity contribution in [3.05, 3.63) is 94.0 Å². The van der Waals surface area contributed by atoms with Crippen molar-refractivity contribution in [1.29, 1.82) is 0 Å². The zero-order valence-electron chi connectivity index (χ0n) is 20.7. The van der Waals surface area contributed by atoms with E-state index >= 15 is 0 Å². The van der Waals surface area contributed by atoms with E-state index in [0.29, 0.717) is 12.2 Å². The first-order chi connectivity index (χ1) is 16.1. The highest BCUT2D eigenvalue weighted by molar-refractivity contribution is 7.92. The molecular formula is C28H34N2O3S. The van der Waals surface area contributed by atoms with Gasteiger partial charge in [0.05, 0.1) is 10.6 Å². The second-order valence-electron chi connectivity index (χ2n) is 8.70. The van der Waals surface area contributed by atoms with Crippen LogP contribution in [0.15, 0.2) is 65.6 Å². The van der Waals surface area contributed by atoms with Crippen molar-refractivity contribution in [3.8, 4) is 0 Å². The Bertz CT molecular complexity index is 1270. The Balaban J connectivity index is 1.90. The SMILES string of the molecule is CCc1ccc(CC)c(CNC(=O)CN(c2ccc(C)cc2C)S(=O)(=O)c2ccc(C)cc2)c1. The molecular weight excluding hydrogens is 444 g/mol. The normalized spacial score (nSPS) is 11.3. The maximum absolute atomic E-state index is 13.6. The summed E-state index contributed by atoms with van der Waals surface area (Å²) < 4.78 is 28.5. The molecule has 3 rings (SSSR count). The highest BCUT2D eigenvalue weighted by Crippen LogP contribution is 2.27. The fourth-order valence-electron chi connectivity index (χ4n) is 4.01. The van der Waals surface area contributed by atoms with Crippen LogP contribution in [-0.2, 0) is 34.2 Å². The zero-order valence-corrected chi connectivity index (χ0v) is 21.5. The molecule has 0 fully saturated rings. The minimum Gasteiger partial charge on any atom is -0.350 e. The lowest BCUT2D eigenvalue weighted by Crippen LogP contribution is -2.41. The lowest BCUT2D eigenvalue weighted by Gasteiger charge is -2.26. The van der Waals surface area contributed by atoms with Crippen molar-refractivity contribution in [2.75, 3.05) is 10.8 Å². The van der Waals surface area contributed by atoms with Crippen LogP contribution in [0.4, 0.5) is 5.69 Å². The largest absolute Gasteiger partial charge is 0.350 e. The summed E-state index contributed by atoms with van der Waals surface area (Å²) in [6, 6.07) is 18.6. The van der Waals surface area contributed by atoms with Crippen LogP contribution in [0.25, 0.3) is 0 Å². The molecule has 0 saturated carbocycles. The number of benzene rings is 3. The number of aryl methyl sites for hydroxylation is 5. The lowest BCUT2D eigenvalue weighted by molar-refractivity contribution is -0.119. The molecule has 3 aromatic rings. The van der Waals surface area contributed by atoms with Gasteiger partial charge in [-0.1, -0.05) is 67.4 Å². The number of nitrogens with one attached hydrogen (secondary N) is 1. The number of nitrogens with zero attached hydrogens (tertiary/aromatic N) is 1. The topological polar surface area (TPSA) is 66.5 Å². The number of sulfonamides is 1. The van der Waals surface area contributed by atoms with Gasteiger partial charge in [0.1, 0.15) is 6.54 Å². The molecule has 0 aliphatic carbocycles. The predicted molar refractivity (Wildman–Crippen MR) is 139 cm³/mol. The van der Waals surface area contributed by atoms with Crippen LogP contribution >= 0.6 is 0 Å². The van der Waals surface area contributed by atoms with Gasteiger partial charge in [-0.05, 0) is 74.1 Å². The monoisotopic (exact) mass is 478 g/mol. The van der Waals surface area contributed by atoms with Gasteiger partial charge in [-0.2, -0.15) is 0 Å². The maximum atomic E-state index is 13.6. The van der Waals surface area contributed by atoms with E-state index in [4.69, 9.17) is 0 Å². The smallest absolute Gasteiger partial charge is 0.264 e. The van der Waals surface area contributed by atoms with Crippen LogP contribution in [0.3, 0.4) is 0 Å². The molecule has 0 aromatic heterocycles. The molecule has 34 heavy (non-hydrogen) atoms. The second-order valence-corrected chi connectivity index (χ2v) is 10.6. The Morgan fingerprint density at radius 3 is 2.12 bits per heavy atom. The standard InChI is InChI=1S/C28H34N2O3S/c1-6-23-11-12-24(7-2)25(17-23)18-29-28(31)19-30(27-15-10-21(4)16-22(27)5)34(32,33)26-13-8-20(3)9-14-26/h8-17H,6-7,18-19H2,1-5H3,(H,29,31). The maximum Gasteiger partial charge on any atom is 0.264 e. The summed E-state index contributed by atoms with van der Waals surface area (Å²) in [5.41, 5.74) is 6.75. The highest BCUT2D eigenvalue weighted by atomic mass is 32.2. The highest BCUT2D eigenvalue weighted by Gasteiger charge is 2.28. The quantitative estimate of drug-likeness (QED) is 0.457. The molecule has 0 radical (unpaired) electrons. The van der Waals surface area contributed by atoms with Crippen LogP contribution in [-0.4, -0.2) is 20.9 Å². The number of hydrogen-bond donors (Lipinski definition) is 1. The van der Waals surface area contributed by atoms with Gasteiger partial charge in [0.15, 0.2) is 0 Å². The van der Waals surface area contributed by atoms with E-state index in [1.54, 1.807) is 30.3 Å². The molecule has 0 saturated heterocycles. The van der Waals surface area contributed by atoms with E-state index in [1.165, 1.54) is 15.4 Å². The molecule has 0 aliphatic heterocycles. The van der Waals surface area contributed by atoms with Crippen LogP contribution in [0, 0.1) is 20.8 Å². The molecule has 0 spiro atoms. The lowest BCUT2D eigenvalue weighted by atomic mass is 10.0. The average Bonchev–Trinajstić information content (AvgIpc) is 2.81. The minimum atomic E-state index is -3.94. The summed E-state index contributed by atoms with van der Waals surface area (Å²) in [5, 5.41) is 2.94. The van der Waals surface area contributed by atoms with E-state index in [-0.39, 0.29) is 17.3 Å². The van der Waals surface area contributed by atoms with Gasteiger partial charge >= 0.3 is 0 Å². The number of hydrogen-bond acceptors (Lipinski definition) is 3. The van der Waals surface area contributed by atoms with Crippen LogP contribution in [0.1, 0.15) is 47.2 Å². The summed E-state index contributed by atoms with van der Waals surface area (Å²) >= 11 is 0. The van der Waals surface area contributed by atoms with E-state index in [1.807, 2.05) is 32.9 Å². The van der Waals surface area contributed by atoms with Gasteiger partial charge in [0.2, 0.25) is 5.91 Å². The van der Waals surface area contributed by atoms with Crippen molar-refractivity contribution in [2.45, 2.75) is 58.9 Å². The van der Waals surface area contributed by atoms with Gasteiger partial charge < -0.3 is 5.32 Å². The molecule has 0 heterocycles. The third kappa shape index (κ3) is 5.86. The average molecular weight is 479 g/mol. The molecule has 5 nitrogen and oxygen atoms in total. The number of rotatable bonds is 9. The third-order valence-corrected chi connectivity index (χ3v) is 7.83. The zero-order chi connectivity index (χ0) is 24.9. The van der Waals surface area contributed by atoms with E-state index in [2.05, 4.69) is 37.4 Å². The van der Waals surface area contributed by atoms with Gasteiger partial charge in [-0.3, -0.25) is 9.10 Å². The first-order valence-electron chi connectivity index (χ1n) is 11.7. The van der Waals surface area contributed by atoms with E-state index in [9.17, 15) is 13.2 Å². The van der Waals surface area contributed by atoms with Crippen molar-refractivity contribution >= 4 is 21.6 Å². The Morgan fingerprint density at radius 1 is 0.824 bits per heavy atom. The fourth-order valence-corrected chi connectivity index (χ4v) is 5.50. The predicted octanol–water partition coefficient (Wildman–Crippen LogP) is 5.25. The first kappa shape index (κ1) is 25.5. The van der Waals surface area contributed by atoms with E-state index < -0.39 is 10.0 Å². The molecule has 3 aromatic carbocycles. The minimum absolute atomic E-state index is 0.162. The number of carbonyl (C=O) groups is 1. The summed E-state index contributed by atoms with van der Waals surface area (Å²) in [6.07, 6.45) is 1.78. The fraction of sp³-hybridized carbons (Fsp3) is 0.321. The van der Waals surface area contributed by atoms with Gasteiger partial charge in [-0.15, -0.1) is 0 Å². The number of carbonyl (C=O) groups excluding carboxylic acids is 1. The summed E-state index contributed by atoms with van der Waals surface area (Å²) in [6.45, 7) is 9.98. The van der Waals surface area contributed by atoms with Gasteiger partial charge in [0.25, 0.3) is 10.0 Å². The molecule has 0 atom stereocenters. The Morgan fingerprint density at radius 2 is 1.50 bits per heavy atom. The van der Waals surface area contributed by atoms with E-state index in [0.717, 1.165) is 35.1 Å². The van der Waals surface area contributed by atoms with Crippen molar-refractivity contribution < 1.29 is 13.2 Å². The summed E-state index contributed by atoms with van der Waals surface area (Å²) in [5.74, 6) is -0.348. The molecule has 0 bridgehead atoms. The van der Waals surface area contributed by atoms with Crippen LogP contribution < -0.4 is 9.62 Å². The van der Waals surface area contributed by atoms with Crippen molar-refractivity contribution in [1.82, 2.24) is 5.32 Å². The third-order valence-electron chi connectivity index (χ3n) is 6.05. The molecule has 6 heteroatoms. The van der Waals surface area contributed by atoms with Crippen molar-refractivity contribution in [3.63, 3.8) is 0 Å². The number of anilines is 1. The van der Waals surface area contributed by atoms with Gasteiger partial charge in [-0.25, -0.2) is 8.42 Å². The second kappa shape index (κ2) is 10.9. The van der Waals surface area contributed by atoms with Crippen molar-refractivity contribution in [2.24, 2.45) is 0 Å². The Kier molecular flexibility index (Phi) is 8.15. The summed E-state index contributed by atoms with van der Waals surface area (Å²) in [4.78, 5) is 13.2. The molecule has 180 valence electrons.